The van der Waals surface area contributed by atoms with Crippen molar-refractivity contribution >= 4 is 28.5 Å². The van der Waals surface area contributed by atoms with Crippen LogP contribution in [0.2, 0.25) is 0 Å². The first-order chi connectivity index (χ1) is 10.1. The maximum atomic E-state index is 11.8. The number of nitrogens with one attached hydrogen (secondary N) is 1. The number of methoxy groups -OCH3 is 2. The first kappa shape index (κ1) is 15.1. The number of hydrogen-bond acceptors (Lipinski definition) is 5. The van der Waals surface area contributed by atoms with Gasteiger partial charge in [-0.2, -0.15) is 0 Å². The second-order valence-electron chi connectivity index (χ2n) is 4.21. The van der Waals surface area contributed by atoms with Gasteiger partial charge in [0.15, 0.2) is 5.13 Å². The number of rotatable bonds is 5. The lowest BCUT2D eigenvalue weighted by Crippen LogP contribution is -2.07. The summed E-state index contributed by atoms with van der Waals surface area (Å²) in [5, 5.41) is 3.29. The van der Waals surface area contributed by atoms with Gasteiger partial charge in [0.05, 0.1) is 14.2 Å². The molecule has 1 aromatic carbocycles. The van der Waals surface area contributed by atoms with Gasteiger partial charge in [-0.05, 0) is 31.2 Å². The summed E-state index contributed by atoms with van der Waals surface area (Å²) in [4.78, 5) is 17.0. The number of carbonyl (C=O) groups excluding carboxylic acids is 1. The van der Waals surface area contributed by atoms with Gasteiger partial charge in [-0.25, -0.2) is 4.98 Å². The average Bonchev–Trinajstić information content (AvgIpc) is 2.89. The van der Waals surface area contributed by atoms with Crippen LogP contribution in [0.1, 0.15) is 10.4 Å². The van der Waals surface area contributed by atoms with Gasteiger partial charge in [-0.15, -0.1) is 11.3 Å². The quantitative estimate of drug-likeness (QED) is 0.862. The Kier molecular flexibility index (Phi) is 4.94. The van der Waals surface area contributed by atoms with E-state index in [9.17, 15) is 4.79 Å². The van der Waals surface area contributed by atoms with Crippen molar-refractivity contribution in [1.82, 2.24) is 4.98 Å². The number of amides is 1. The van der Waals surface area contributed by atoms with Crippen molar-refractivity contribution in [2.45, 2.75) is 6.92 Å². The van der Waals surface area contributed by atoms with Crippen molar-refractivity contribution in [3.8, 4) is 11.5 Å². The molecule has 0 unspecified atom stereocenters. The van der Waals surface area contributed by atoms with Gasteiger partial charge in [0, 0.05) is 22.7 Å². The molecule has 1 heterocycles. The molecule has 6 heteroatoms. The van der Waals surface area contributed by atoms with Crippen LogP contribution in [0.15, 0.2) is 30.5 Å². The lowest BCUT2D eigenvalue weighted by atomic mass is 10.1. The fraction of sp³-hybridized carbons (Fsp3) is 0.200. The molecule has 0 saturated carbocycles. The molecule has 0 bridgehead atoms. The van der Waals surface area contributed by atoms with Gasteiger partial charge in [0.2, 0.25) is 5.91 Å². The highest BCUT2D eigenvalue weighted by molar-refractivity contribution is 7.15. The van der Waals surface area contributed by atoms with Crippen molar-refractivity contribution in [3.05, 3.63) is 40.9 Å². The second-order valence-corrected chi connectivity index (χ2v) is 5.44. The molecule has 2 rings (SSSR count). The summed E-state index contributed by atoms with van der Waals surface area (Å²) in [7, 11) is 3.17. The molecule has 2 aromatic rings. The van der Waals surface area contributed by atoms with E-state index in [-0.39, 0.29) is 5.91 Å². The number of benzene rings is 1. The van der Waals surface area contributed by atoms with Crippen LogP contribution in [0.3, 0.4) is 0 Å². The monoisotopic (exact) mass is 304 g/mol. The number of nitrogens with zero attached hydrogens (tertiary/aromatic N) is 1. The van der Waals surface area contributed by atoms with Crippen molar-refractivity contribution in [2.75, 3.05) is 19.5 Å². The molecule has 0 saturated heterocycles. The third-order valence-corrected chi connectivity index (χ3v) is 3.53. The van der Waals surface area contributed by atoms with Crippen LogP contribution in [0, 0.1) is 6.92 Å². The predicted molar refractivity (Wildman–Crippen MR) is 84.1 cm³/mol. The Morgan fingerprint density at radius 1 is 1.33 bits per heavy atom. The summed E-state index contributed by atoms with van der Waals surface area (Å²) in [5.74, 6) is 1.13. The van der Waals surface area contributed by atoms with Gasteiger partial charge in [-0.3, -0.25) is 10.1 Å². The lowest BCUT2D eigenvalue weighted by molar-refractivity contribution is -0.111. The number of hydrogen-bond donors (Lipinski definition) is 1. The summed E-state index contributed by atoms with van der Waals surface area (Å²) in [6.07, 6.45) is 4.83. The summed E-state index contributed by atoms with van der Waals surface area (Å²) in [6.45, 7) is 1.93. The van der Waals surface area contributed by atoms with E-state index in [1.165, 1.54) is 17.4 Å². The molecule has 1 aromatic heterocycles. The van der Waals surface area contributed by atoms with Gasteiger partial charge < -0.3 is 9.47 Å². The van der Waals surface area contributed by atoms with E-state index in [0.29, 0.717) is 16.6 Å². The summed E-state index contributed by atoms with van der Waals surface area (Å²) < 4.78 is 10.4. The van der Waals surface area contributed by atoms with Gasteiger partial charge in [0.25, 0.3) is 0 Å². The molecule has 5 nitrogen and oxygen atoms in total. The highest BCUT2D eigenvalue weighted by atomic mass is 32.1. The highest BCUT2D eigenvalue weighted by Gasteiger charge is 2.04. The van der Waals surface area contributed by atoms with Crippen molar-refractivity contribution in [1.29, 1.82) is 0 Å². The average molecular weight is 304 g/mol. The first-order valence-corrected chi connectivity index (χ1v) is 7.07. The predicted octanol–water partition coefficient (Wildman–Crippen LogP) is 3.12. The Morgan fingerprint density at radius 2 is 2.14 bits per heavy atom. The van der Waals surface area contributed by atoms with E-state index in [4.69, 9.17) is 9.47 Å². The summed E-state index contributed by atoms with van der Waals surface area (Å²) in [5.41, 5.74) is 0.766. The molecule has 0 spiro atoms. The van der Waals surface area contributed by atoms with Crippen LogP contribution >= 0.6 is 11.3 Å². The standard InChI is InChI=1S/C15H16N2O3S/c1-10-9-16-15(21-10)17-14(18)7-4-11-8-12(19-2)5-6-13(11)20-3/h4-9H,1-3H3,(H,16,17,18). The van der Waals surface area contributed by atoms with Crippen LogP contribution in [-0.2, 0) is 4.79 Å². The van der Waals surface area contributed by atoms with Gasteiger partial charge >= 0.3 is 0 Å². The number of thiazole rings is 1. The Bertz CT molecular complexity index is 665. The number of aromatic nitrogens is 1. The Morgan fingerprint density at radius 3 is 2.76 bits per heavy atom. The molecule has 1 N–H and O–H groups in total. The zero-order valence-electron chi connectivity index (χ0n) is 12.0. The maximum Gasteiger partial charge on any atom is 0.250 e. The van der Waals surface area contributed by atoms with E-state index in [2.05, 4.69) is 10.3 Å². The fourth-order valence-electron chi connectivity index (χ4n) is 1.69. The fourth-order valence-corrected chi connectivity index (χ4v) is 2.36. The molecule has 0 atom stereocenters. The second kappa shape index (κ2) is 6.90. The smallest absolute Gasteiger partial charge is 0.250 e. The minimum Gasteiger partial charge on any atom is -0.497 e. The Labute approximate surface area is 127 Å². The molecule has 0 aliphatic rings. The SMILES string of the molecule is COc1ccc(OC)c(C=CC(=O)Nc2ncc(C)s2)c1. The van der Waals surface area contributed by atoms with E-state index in [0.717, 1.165) is 10.4 Å². The third kappa shape index (κ3) is 4.06. The van der Waals surface area contributed by atoms with Crippen LogP contribution in [-0.4, -0.2) is 25.1 Å². The molecule has 0 aliphatic heterocycles. The molecule has 110 valence electrons. The number of carbonyl (C=O) groups is 1. The minimum absolute atomic E-state index is 0.241. The topological polar surface area (TPSA) is 60.5 Å². The summed E-state index contributed by atoms with van der Waals surface area (Å²) >= 11 is 1.43. The van der Waals surface area contributed by atoms with Crippen molar-refractivity contribution in [3.63, 3.8) is 0 Å². The summed E-state index contributed by atoms with van der Waals surface area (Å²) in [6, 6.07) is 5.39. The van der Waals surface area contributed by atoms with Crippen molar-refractivity contribution in [2.24, 2.45) is 0 Å². The van der Waals surface area contributed by atoms with Crippen LogP contribution in [0.25, 0.3) is 6.08 Å². The van der Waals surface area contributed by atoms with Gasteiger partial charge in [-0.1, -0.05) is 0 Å². The maximum absolute atomic E-state index is 11.8. The molecule has 21 heavy (non-hydrogen) atoms. The number of aryl methyl sites for hydroxylation is 1. The zero-order chi connectivity index (χ0) is 15.2. The molecule has 1 amide bonds. The van der Waals surface area contributed by atoms with Crippen LogP contribution < -0.4 is 14.8 Å². The highest BCUT2D eigenvalue weighted by Crippen LogP contribution is 2.25. The molecule has 0 fully saturated rings. The number of anilines is 1. The van der Waals surface area contributed by atoms with E-state index in [1.807, 2.05) is 6.92 Å². The van der Waals surface area contributed by atoms with E-state index in [1.54, 1.807) is 44.7 Å². The van der Waals surface area contributed by atoms with Gasteiger partial charge in [0.1, 0.15) is 11.5 Å². The molecule has 0 aliphatic carbocycles. The van der Waals surface area contributed by atoms with Crippen LogP contribution in [0.5, 0.6) is 11.5 Å². The van der Waals surface area contributed by atoms with E-state index >= 15 is 0 Å². The molecule has 0 radical (unpaired) electrons. The zero-order valence-corrected chi connectivity index (χ0v) is 12.9. The third-order valence-electron chi connectivity index (χ3n) is 2.70. The normalized spacial score (nSPS) is 10.6. The van der Waals surface area contributed by atoms with Crippen LogP contribution in [0.4, 0.5) is 5.13 Å². The molecular formula is C15H16N2O3S. The lowest BCUT2D eigenvalue weighted by Gasteiger charge is -2.07. The largest absolute Gasteiger partial charge is 0.497 e. The Balaban J connectivity index is 2.10. The van der Waals surface area contributed by atoms with E-state index < -0.39 is 0 Å². The van der Waals surface area contributed by atoms with Crippen molar-refractivity contribution < 1.29 is 14.3 Å². The minimum atomic E-state index is -0.241. The number of ether oxygens (including phenoxy) is 2. The Hall–Kier alpha value is -2.34. The molecular weight excluding hydrogens is 288 g/mol. The first-order valence-electron chi connectivity index (χ1n) is 6.26.